The fourth-order valence-electron chi connectivity index (χ4n) is 1.96. The zero-order chi connectivity index (χ0) is 15.4. The summed E-state index contributed by atoms with van der Waals surface area (Å²) >= 11 is 1.67. The summed E-state index contributed by atoms with van der Waals surface area (Å²) in [6, 6.07) is 9.14. The molecule has 0 aliphatic rings. The van der Waals surface area contributed by atoms with E-state index in [1.807, 2.05) is 32.9 Å². The lowest BCUT2D eigenvalue weighted by Crippen LogP contribution is -2.09. The number of hydrogen-bond donors (Lipinski definition) is 1. The van der Waals surface area contributed by atoms with Crippen molar-refractivity contribution >= 4 is 22.7 Å². The molecule has 0 spiro atoms. The van der Waals surface area contributed by atoms with E-state index in [4.69, 9.17) is 4.74 Å². The number of hydrogen-bond acceptors (Lipinski definition) is 5. The molecule has 1 N–H and O–H groups in total. The predicted molar refractivity (Wildman–Crippen MR) is 85.2 cm³/mol. The number of nitro benzene ring substituents is 1. The van der Waals surface area contributed by atoms with Crippen molar-refractivity contribution < 1.29 is 9.66 Å². The molecule has 0 saturated heterocycles. The maximum Gasteiger partial charge on any atom is 0.333 e. The Morgan fingerprint density at radius 2 is 2.10 bits per heavy atom. The molecule has 1 heterocycles. The van der Waals surface area contributed by atoms with Gasteiger partial charge in [-0.15, -0.1) is 11.3 Å². The SMILES string of the molecule is Cc1ccc(CNc2cccc(OC(C)C)c2[N+](=O)[O-])s1. The van der Waals surface area contributed by atoms with Crippen LogP contribution in [0.4, 0.5) is 11.4 Å². The minimum atomic E-state index is -0.403. The lowest BCUT2D eigenvalue weighted by atomic mass is 10.2. The average Bonchev–Trinajstić information content (AvgIpc) is 2.81. The van der Waals surface area contributed by atoms with Gasteiger partial charge in [-0.3, -0.25) is 10.1 Å². The van der Waals surface area contributed by atoms with Crippen LogP contribution in [0.15, 0.2) is 30.3 Å². The van der Waals surface area contributed by atoms with Crippen molar-refractivity contribution in [1.82, 2.24) is 0 Å². The fraction of sp³-hybridized carbons (Fsp3) is 0.333. The minimum Gasteiger partial charge on any atom is -0.484 e. The summed E-state index contributed by atoms with van der Waals surface area (Å²) in [5, 5.41) is 14.5. The molecule has 6 heteroatoms. The first-order chi connectivity index (χ1) is 9.97. The molecule has 5 nitrogen and oxygen atoms in total. The first-order valence-corrected chi connectivity index (χ1v) is 7.52. The molecule has 0 amide bonds. The molecule has 2 aromatic rings. The zero-order valence-electron chi connectivity index (χ0n) is 12.3. The third-order valence-electron chi connectivity index (χ3n) is 2.79. The minimum absolute atomic E-state index is 0.0144. The van der Waals surface area contributed by atoms with Gasteiger partial charge in [0.1, 0.15) is 5.69 Å². The summed E-state index contributed by atoms with van der Waals surface area (Å²) in [6.45, 7) is 6.29. The molecule has 112 valence electrons. The smallest absolute Gasteiger partial charge is 0.333 e. The molecule has 1 aromatic carbocycles. The van der Waals surface area contributed by atoms with E-state index in [1.54, 1.807) is 29.5 Å². The third-order valence-corrected chi connectivity index (χ3v) is 3.79. The van der Waals surface area contributed by atoms with Gasteiger partial charge in [-0.2, -0.15) is 0 Å². The normalized spacial score (nSPS) is 10.7. The van der Waals surface area contributed by atoms with Crippen LogP contribution in [0.3, 0.4) is 0 Å². The molecule has 2 rings (SSSR count). The number of ether oxygens (including phenoxy) is 1. The molecule has 0 radical (unpaired) electrons. The van der Waals surface area contributed by atoms with Crippen molar-refractivity contribution in [3.8, 4) is 5.75 Å². The molecule has 1 aromatic heterocycles. The van der Waals surface area contributed by atoms with Gasteiger partial charge in [0.25, 0.3) is 0 Å². The lowest BCUT2D eigenvalue weighted by molar-refractivity contribution is -0.385. The van der Waals surface area contributed by atoms with Gasteiger partial charge >= 0.3 is 5.69 Å². The third kappa shape index (κ3) is 3.95. The van der Waals surface area contributed by atoms with E-state index in [2.05, 4.69) is 5.32 Å². The number of nitrogens with one attached hydrogen (secondary N) is 1. The highest BCUT2D eigenvalue weighted by Crippen LogP contribution is 2.35. The summed E-state index contributed by atoms with van der Waals surface area (Å²) in [4.78, 5) is 13.3. The molecule has 0 aliphatic heterocycles. The maximum absolute atomic E-state index is 11.3. The number of benzene rings is 1. The molecule has 0 atom stereocenters. The number of rotatable bonds is 6. The Hall–Kier alpha value is -2.08. The van der Waals surface area contributed by atoms with Crippen molar-refractivity contribution in [3.05, 3.63) is 50.2 Å². The standard InChI is InChI=1S/C15H18N2O3S/c1-10(2)20-14-6-4-5-13(15(14)17(18)19)16-9-12-8-7-11(3)21-12/h4-8,10,16H,9H2,1-3H3. The molecular weight excluding hydrogens is 288 g/mol. The second-order valence-electron chi connectivity index (χ2n) is 4.94. The number of aryl methyl sites for hydroxylation is 1. The van der Waals surface area contributed by atoms with E-state index in [9.17, 15) is 10.1 Å². The molecule has 0 aliphatic carbocycles. The Balaban J connectivity index is 2.23. The van der Waals surface area contributed by atoms with Crippen LogP contribution in [0.25, 0.3) is 0 Å². The van der Waals surface area contributed by atoms with Crippen LogP contribution in [0.2, 0.25) is 0 Å². The number of nitrogens with zero attached hydrogens (tertiary/aromatic N) is 1. The second-order valence-corrected chi connectivity index (χ2v) is 6.31. The average molecular weight is 306 g/mol. The zero-order valence-corrected chi connectivity index (χ0v) is 13.1. The van der Waals surface area contributed by atoms with Gasteiger partial charge in [0, 0.05) is 16.3 Å². The highest BCUT2D eigenvalue weighted by Gasteiger charge is 2.21. The number of para-hydroxylation sites is 1. The van der Waals surface area contributed by atoms with Gasteiger partial charge < -0.3 is 10.1 Å². The van der Waals surface area contributed by atoms with Crippen molar-refractivity contribution in [2.45, 2.75) is 33.4 Å². The van der Waals surface area contributed by atoms with E-state index in [0.717, 1.165) is 4.88 Å². The van der Waals surface area contributed by atoms with Crippen molar-refractivity contribution in [2.75, 3.05) is 5.32 Å². The van der Waals surface area contributed by atoms with Crippen molar-refractivity contribution in [1.29, 1.82) is 0 Å². The first-order valence-electron chi connectivity index (χ1n) is 6.70. The lowest BCUT2D eigenvalue weighted by Gasteiger charge is -2.12. The van der Waals surface area contributed by atoms with E-state index < -0.39 is 4.92 Å². The molecular formula is C15H18N2O3S. The van der Waals surface area contributed by atoms with Crippen LogP contribution < -0.4 is 10.1 Å². The largest absolute Gasteiger partial charge is 0.484 e. The Kier molecular flexibility index (Phi) is 4.80. The van der Waals surface area contributed by atoms with Crippen LogP contribution in [0.1, 0.15) is 23.6 Å². The Morgan fingerprint density at radius 3 is 2.67 bits per heavy atom. The van der Waals surface area contributed by atoms with Crippen molar-refractivity contribution in [2.24, 2.45) is 0 Å². The molecule has 0 bridgehead atoms. The number of thiophene rings is 1. The number of nitro groups is 1. The van der Waals surface area contributed by atoms with Crippen LogP contribution in [-0.2, 0) is 6.54 Å². The van der Waals surface area contributed by atoms with Gasteiger partial charge in [-0.1, -0.05) is 6.07 Å². The Labute approximate surface area is 127 Å². The quantitative estimate of drug-likeness (QED) is 0.636. The van der Waals surface area contributed by atoms with Gasteiger partial charge in [-0.05, 0) is 45.0 Å². The summed E-state index contributed by atoms with van der Waals surface area (Å²) in [7, 11) is 0. The number of anilines is 1. The fourth-order valence-corrected chi connectivity index (χ4v) is 2.79. The molecule has 0 unspecified atom stereocenters. The Bertz CT molecular complexity index is 638. The monoisotopic (exact) mass is 306 g/mol. The molecule has 0 saturated carbocycles. The summed E-state index contributed by atoms with van der Waals surface area (Å²) < 4.78 is 5.52. The second kappa shape index (κ2) is 6.58. The van der Waals surface area contributed by atoms with Gasteiger partial charge in [0.05, 0.1) is 11.0 Å². The van der Waals surface area contributed by atoms with Gasteiger partial charge in [0.15, 0.2) is 5.75 Å². The highest BCUT2D eigenvalue weighted by atomic mass is 32.1. The van der Waals surface area contributed by atoms with Crippen molar-refractivity contribution in [3.63, 3.8) is 0 Å². The topological polar surface area (TPSA) is 64.4 Å². The maximum atomic E-state index is 11.3. The van der Waals surface area contributed by atoms with E-state index in [1.165, 1.54) is 4.88 Å². The van der Waals surface area contributed by atoms with Crippen LogP contribution >= 0.6 is 11.3 Å². The molecule has 0 fully saturated rings. The van der Waals surface area contributed by atoms with E-state index in [-0.39, 0.29) is 11.8 Å². The van der Waals surface area contributed by atoms with Gasteiger partial charge in [-0.25, -0.2) is 0 Å². The summed E-state index contributed by atoms with van der Waals surface area (Å²) in [6.07, 6.45) is -0.112. The summed E-state index contributed by atoms with van der Waals surface area (Å²) in [5.74, 6) is 0.294. The predicted octanol–water partition coefficient (Wildman–Crippen LogP) is 4.36. The molecule has 21 heavy (non-hydrogen) atoms. The summed E-state index contributed by atoms with van der Waals surface area (Å²) in [5.41, 5.74) is 0.462. The van der Waals surface area contributed by atoms with Crippen LogP contribution in [0.5, 0.6) is 5.75 Å². The van der Waals surface area contributed by atoms with Crippen LogP contribution in [-0.4, -0.2) is 11.0 Å². The van der Waals surface area contributed by atoms with E-state index in [0.29, 0.717) is 18.0 Å². The van der Waals surface area contributed by atoms with E-state index >= 15 is 0 Å². The highest BCUT2D eigenvalue weighted by molar-refractivity contribution is 7.11. The van der Waals surface area contributed by atoms with Crippen LogP contribution in [0, 0.1) is 17.0 Å². The first kappa shape index (κ1) is 15.3. The van der Waals surface area contributed by atoms with Gasteiger partial charge in [0.2, 0.25) is 0 Å². The Morgan fingerprint density at radius 1 is 1.33 bits per heavy atom.